The summed E-state index contributed by atoms with van der Waals surface area (Å²) in [5, 5.41) is 2.62. The quantitative estimate of drug-likeness (QED) is 0.761. The molecule has 0 radical (unpaired) electrons. The Kier molecular flexibility index (Phi) is 4.44. The van der Waals surface area contributed by atoms with Crippen molar-refractivity contribution in [1.82, 2.24) is 10.3 Å². The maximum atomic E-state index is 11.6. The Bertz CT molecular complexity index is 391. The first-order chi connectivity index (χ1) is 7.63. The number of hydrogen-bond donors (Lipinski definition) is 1. The number of aryl methyl sites for hydroxylation is 1. The lowest BCUT2D eigenvalue weighted by atomic mass is 10.2. The van der Waals surface area contributed by atoms with E-state index in [0.717, 1.165) is 5.69 Å². The summed E-state index contributed by atoms with van der Waals surface area (Å²) in [4.78, 5) is 26.4. The number of carbonyl (C=O) groups excluding carboxylic acids is 2. The molecule has 1 N–H and O–H groups in total. The molecule has 5 nitrogen and oxygen atoms in total. The molecule has 1 amide bonds. The Morgan fingerprint density at radius 1 is 1.50 bits per heavy atom. The van der Waals surface area contributed by atoms with Crippen LogP contribution in [0.15, 0.2) is 18.3 Å². The third-order valence-corrected chi connectivity index (χ3v) is 2.00. The van der Waals surface area contributed by atoms with Crippen LogP contribution in [0.5, 0.6) is 0 Å². The van der Waals surface area contributed by atoms with Crippen LogP contribution in [-0.2, 0) is 9.53 Å². The predicted octanol–water partition coefficient (Wildman–Crippen LogP) is 0.683. The lowest BCUT2D eigenvalue weighted by molar-refractivity contribution is -0.140. The molecule has 0 saturated heterocycles. The summed E-state index contributed by atoms with van der Waals surface area (Å²) in [6.07, 6.45) is 1.75. The number of rotatable bonds is 4. The molecular formula is C11H14N2O3. The molecule has 0 saturated carbocycles. The largest absolute Gasteiger partial charge is 0.469 e. The number of methoxy groups -OCH3 is 1. The highest BCUT2D eigenvalue weighted by atomic mass is 16.5. The van der Waals surface area contributed by atoms with Crippen molar-refractivity contribution < 1.29 is 14.3 Å². The van der Waals surface area contributed by atoms with Gasteiger partial charge in [-0.3, -0.25) is 14.6 Å². The van der Waals surface area contributed by atoms with Crippen molar-refractivity contribution in [2.75, 3.05) is 13.7 Å². The average Bonchev–Trinajstić information content (AvgIpc) is 2.28. The van der Waals surface area contributed by atoms with Crippen LogP contribution in [0.1, 0.15) is 22.5 Å². The van der Waals surface area contributed by atoms with Crippen molar-refractivity contribution in [1.29, 1.82) is 0 Å². The van der Waals surface area contributed by atoms with Crippen LogP contribution in [0.4, 0.5) is 0 Å². The fourth-order valence-corrected chi connectivity index (χ4v) is 1.17. The second-order valence-electron chi connectivity index (χ2n) is 3.27. The molecule has 0 aliphatic rings. The number of pyridine rings is 1. The Morgan fingerprint density at radius 2 is 2.25 bits per heavy atom. The van der Waals surface area contributed by atoms with E-state index < -0.39 is 0 Å². The highest BCUT2D eigenvalue weighted by Gasteiger charge is 2.06. The monoisotopic (exact) mass is 222 g/mol. The summed E-state index contributed by atoms with van der Waals surface area (Å²) in [6, 6.07) is 3.31. The Hall–Kier alpha value is -1.91. The Morgan fingerprint density at radius 3 is 2.88 bits per heavy atom. The van der Waals surface area contributed by atoms with Gasteiger partial charge in [0.2, 0.25) is 0 Å². The van der Waals surface area contributed by atoms with Gasteiger partial charge in [0.15, 0.2) is 0 Å². The number of carbonyl (C=O) groups is 2. The van der Waals surface area contributed by atoms with E-state index >= 15 is 0 Å². The van der Waals surface area contributed by atoms with E-state index in [4.69, 9.17) is 0 Å². The standard InChI is InChI=1S/C11H14N2O3/c1-8-7-9(3-5-12-8)11(15)13-6-4-10(14)16-2/h3,5,7H,4,6H2,1-2H3,(H,13,15). The molecule has 0 aromatic carbocycles. The zero-order chi connectivity index (χ0) is 12.0. The normalized spacial score (nSPS) is 9.62. The topological polar surface area (TPSA) is 68.3 Å². The van der Waals surface area contributed by atoms with E-state index in [1.807, 2.05) is 6.92 Å². The van der Waals surface area contributed by atoms with Gasteiger partial charge in [0, 0.05) is 24.0 Å². The van der Waals surface area contributed by atoms with E-state index in [-0.39, 0.29) is 24.8 Å². The summed E-state index contributed by atoms with van der Waals surface area (Å²) >= 11 is 0. The van der Waals surface area contributed by atoms with Crippen LogP contribution in [0.25, 0.3) is 0 Å². The van der Waals surface area contributed by atoms with E-state index in [9.17, 15) is 9.59 Å². The van der Waals surface area contributed by atoms with Crippen molar-refractivity contribution >= 4 is 11.9 Å². The van der Waals surface area contributed by atoms with Crippen LogP contribution >= 0.6 is 0 Å². The summed E-state index contributed by atoms with van der Waals surface area (Å²) < 4.78 is 4.46. The first kappa shape index (κ1) is 12.2. The van der Waals surface area contributed by atoms with Gasteiger partial charge in [-0.15, -0.1) is 0 Å². The zero-order valence-electron chi connectivity index (χ0n) is 9.32. The molecule has 1 aromatic heterocycles. The minimum atomic E-state index is -0.341. The molecule has 1 aromatic rings. The molecule has 0 aliphatic heterocycles. The lowest BCUT2D eigenvalue weighted by Crippen LogP contribution is -2.26. The molecular weight excluding hydrogens is 208 g/mol. The van der Waals surface area contributed by atoms with Crippen LogP contribution in [0, 0.1) is 6.92 Å². The maximum Gasteiger partial charge on any atom is 0.307 e. The van der Waals surface area contributed by atoms with E-state index in [1.165, 1.54) is 7.11 Å². The molecule has 5 heteroatoms. The minimum absolute atomic E-state index is 0.173. The van der Waals surface area contributed by atoms with Crippen LogP contribution in [-0.4, -0.2) is 30.5 Å². The van der Waals surface area contributed by atoms with Gasteiger partial charge in [0.05, 0.1) is 13.5 Å². The number of ether oxygens (including phenoxy) is 1. The maximum absolute atomic E-state index is 11.6. The number of nitrogens with one attached hydrogen (secondary N) is 1. The highest BCUT2D eigenvalue weighted by Crippen LogP contribution is 2.00. The van der Waals surface area contributed by atoms with E-state index in [2.05, 4.69) is 15.0 Å². The van der Waals surface area contributed by atoms with E-state index in [0.29, 0.717) is 5.56 Å². The molecule has 0 unspecified atom stereocenters. The van der Waals surface area contributed by atoms with Crippen molar-refractivity contribution in [2.24, 2.45) is 0 Å². The first-order valence-corrected chi connectivity index (χ1v) is 4.91. The number of amides is 1. The summed E-state index contributed by atoms with van der Waals surface area (Å²) in [5.74, 6) is -0.555. The van der Waals surface area contributed by atoms with Gasteiger partial charge >= 0.3 is 5.97 Å². The van der Waals surface area contributed by atoms with Gasteiger partial charge < -0.3 is 10.1 Å². The predicted molar refractivity (Wildman–Crippen MR) is 57.9 cm³/mol. The molecule has 0 fully saturated rings. The van der Waals surface area contributed by atoms with Crippen molar-refractivity contribution in [3.05, 3.63) is 29.6 Å². The number of aromatic nitrogens is 1. The third-order valence-electron chi connectivity index (χ3n) is 2.00. The summed E-state index contributed by atoms with van der Waals surface area (Å²) in [5.41, 5.74) is 1.32. The molecule has 1 rings (SSSR count). The number of nitrogens with zero attached hydrogens (tertiary/aromatic N) is 1. The molecule has 86 valence electrons. The van der Waals surface area contributed by atoms with Gasteiger partial charge in [0.1, 0.15) is 0 Å². The Balaban J connectivity index is 2.44. The average molecular weight is 222 g/mol. The first-order valence-electron chi connectivity index (χ1n) is 4.91. The lowest BCUT2D eigenvalue weighted by Gasteiger charge is -2.04. The second kappa shape index (κ2) is 5.85. The molecule has 0 atom stereocenters. The van der Waals surface area contributed by atoms with Gasteiger partial charge in [-0.05, 0) is 19.1 Å². The molecule has 0 spiro atoms. The van der Waals surface area contributed by atoms with Crippen molar-refractivity contribution in [2.45, 2.75) is 13.3 Å². The van der Waals surface area contributed by atoms with Gasteiger partial charge in [-0.25, -0.2) is 0 Å². The zero-order valence-corrected chi connectivity index (χ0v) is 9.32. The van der Waals surface area contributed by atoms with Crippen LogP contribution < -0.4 is 5.32 Å². The van der Waals surface area contributed by atoms with Crippen LogP contribution in [0.3, 0.4) is 0 Å². The van der Waals surface area contributed by atoms with Crippen LogP contribution in [0.2, 0.25) is 0 Å². The highest BCUT2D eigenvalue weighted by molar-refractivity contribution is 5.94. The summed E-state index contributed by atoms with van der Waals surface area (Å²) in [7, 11) is 1.32. The second-order valence-corrected chi connectivity index (χ2v) is 3.27. The summed E-state index contributed by atoms with van der Waals surface area (Å²) in [6.45, 7) is 2.08. The van der Waals surface area contributed by atoms with Gasteiger partial charge in [-0.1, -0.05) is 0 Å². The smallest absolute Gasteiger partial charge is 0.307 e. The molecule has 0 bridgehead atoms. The Labute approximate surface area is 93.8 Å². The molecule has 1 heterocycles. The SMILES string of the molecule is COC(=O)CCNC(=O)c1ccnc(C)c1. The van der Waals surface area contributed by atoms with E-state index in [1.54, 1.807) is 18.3 Å². The van der Waals surface area contributed by atoms with Gasteiger partial charge in [0.25, 0.3) is 5.91 Å². The number of hydrogen-bond acceptors (Lipinski definition) is 4. The molecule has 16 heavy (non-hydrogen) atoms. The molecule has 0 aliphatic carbocycles. The fourth-order valence-electron chi connectivity index (χ4n) is 1.17. The fraction of sp³-hybridized carbons (Fsp3) is 0.364. The number of esters is 1. The van der Waals surface area contributed by atoms with Crippen molar-refractivity contribution in [3.8, 4) is 0 Å². The van der Waals surface area contributed by atoms with Gasteiger partial charge in [-0.2, -0.15) is 0 Å². The third kappa shape index (κ3) is 3.68. The minimum Gasteiger partial charge on any atom is -0.469 e. The van der Waals surface area contributed by atoms with Crippen molar-refractivity contribution in [3.63, 3.8) is 0 Å².